The first-order valence-corrected chi connectivity index (χ1v) is 13.1. The maximum Gasteiger partial charge on any atom is 0.253 e. The Labute approximate surface area is 233 Å². The highest BCUT2D eigenvalue weighted by molar-refractivity contribution is 6.06. The number of carbonyl (C=O) groups is 3. The van der Waals surface area contributed by atoms with Crippen molar-refractivity contribution in [1.29, 1.82) is 0 Å². The van der Waals surface area contributed by atoms with Crippen molar-refractivity contribution in [3.05, 3.63) is 131 Å². The zero-order chi connectivity index (χ0) is 28.3. The Morgan fingerprint density at radius 2 is 1.30 bits per heavy atom. The van der Waals surface area contributed by atoms with E-state index in [4.69, 9.17) is 11.5 Å². The predicted molar refractivity (Wildman–Crippen MR) is 158 cm³/mol. The minimum absolute atomic E-state index is 0.0770. The van der Waals surface area contributed by atoms with Crippen LogP contribution in [0.2, 0.25) is 0 Å². The molecule has 0 unspecified atom stereocenters. The molecule has 1 atom stereocenters. The van der Waals surface area contributed by atoms with E-state index in [1.807, 2.05) is 91.0 Å². The molecule has 0 aromatic heterocycles. The molecule has 8 heteroatoms. The minimum Gasteiger partial charge on any atom is -0.351 e. The molecule has 0 saturated heterocycles. The highest BCUT2D eigenvalue weighted by Crippen LogP contribution is 2.25. The van der Waals surface area contributed by atoms with Gasteiger partial charge in [-0.05, 0) is 41.3 Å². The van der Waals surface area contributed by atoms with Gasteiger partial charge in [0.25, 0.3) is 5.91 Å². The quantitative estimate of drug-likeness (QED) is 0.199. The van der Waals surface area contributed by atoms with Crippen molar-refractivity contribution in [2.24, 2.45) is 11.5 Å². The lowest BCUT2D eigenvalue weighted by molar-refractivity contribution is -0.117. The summed E-state index contributed by atoms with van der Waals surface area (Å²) in [4.78, 5) is 38.4. The summed E-state index contributed by atoms with van der Waals surface area (Å²) >= 11 is 0. The molecule has 0 fully saturated rings. The number of carbonyl (C=O) groups excluding carboxylic acids is 3. The zero-order valence-corrected chi connectivity index (χ0v) is 22.0. The Morgan fingerprint density at radius 1 is 0.725 bits per heavy atom. The van der Waals surface area contributed by atoms with Crippen LogP contribution in [0, 0.1) is 0 Å². The molecule has 4 aromatic carbocycles. The van der Waals surface area contributed by atoms with Crippen LogP contribution in [0.5, 0.6) is 0 Å². The van der Waals surface area contributed by atoms with Gasteiger partial charge in [-0.25, -0.2) is 0 Å². The molecular weight excluding hydrogens is 502 g/mol. The van der Waals surface area contributed by atoms with Gasteiger partial charge >= 0.3 is 0 Å². The lowest BCUT2D eigenvalue weighted by Crippen LogP contribution is -2.38. The Morgan fingerprint density at radius 3 is 1.88 bits per heavy atom. The van der Waals surface area contributed by atoms with Crippen LogP contribution >= 0.6 is 0 Å². The van der Waals surface area contributed by atoms with E-state index < -0.39 is 17.9 Å². The maximum atomic E-state index is 13.5. The van der Waals surface area contributed by atoms with Gasteiger partial charge in [0.15, 0.2) is 0 Å². The van der Waals surface area contributed by atoms with E-state index in [1.54, 1.807) is 12.1 Å². The SMILES string of the molecule is NCC(=O)Nc1ccc(C(=O)NCC(c2ccccc2)c2ccccc2)c(NC(=O)[C@@H](N)Cc2ccccc2)c1. The number of nitrogens with one attached hydrogen (secondary N) is 3. The summed E-state index contributed by atoms with van der Waals surface area (Å²) in [6, 6.07) is 33.1. The molecule has 0 aliphatic rings. The molecule has 0 saturated carbocycles. The fourth-order valence-electron chi connectivity index (χ4n) is 4.41. The van der Waals surface area contributed by atoms with Gasteiger partial charge in [0.2, 0.25) is 11.8 Å². The summed E-state index contributed by atoms with van der Waals surface area (Å²) in [6.07, 6.45) is 0.327. The number of benzene rings is 4. The third-order valence-electron chi connectivity index (χ3n) is 6.50. The van der Waals surface area contributed by atoms with Crippen LogP contribution in [-0.4, -0.2) is 36.9 Å². The third kappa shape index (κ3) is 7.63. The highest BCUT2D eigenvalue weighted by atomic mass is 16.2. The molecule has 40 heavy (non-hydrogen) atoms. The first-order valence-electron chi connectivity index (χ1n) is 13.1. The Balaban J connectivity index is 1.55. The van der Waals surface area contributed by atoms with Gasteiger partial charge in [0.05, 0.1) is 23.8 Å². The van der Waals surface area contributed by atoms with Crippen molar-refractivity contribution in [1.82, 2.24) is 5.32 Å². The summed E-state index contributed by atoms with van der Waals surface area (Å²) in [7, 11) is 0. The van der Waals surface area contributed by atoms with Gasteiger partial charge in [-0.1, -0.05) is 91.0 Å². The number of anilines is 2. The Hall–Kier alpha value is -4.79. The molecule has 0 spiro atoms. The predicted octanol–water partition coefficient (Wildman–Crippen LogP) is 3.65. The van der Waals surface area contributed by atoms with Crippen molar-refractivity contribution in [3.8, 4) is 0 Å². The summed E-state index contributed by atoms with van der Waals surface area (Å²) in [6.45, 7) is 0.131. The first-order chi connectivity index (χ1) is 19.4. The van der Waals surface area contributed by atoms with Crippen LogP contribution in [0.15, 0.2) is 109 Å². The summed E-state index contributed by atoms with van der Waals surface area (Å²) in [5.41, 5.74) is 15.5. The average molecular weight is 536 g/mol. The molecule has 0 bridgehead atoms. The number of rotatable bonds is 11. The normalized spacial score (nSPS) is 11.5. The van der Waals surface area contributed by atoms with Crippen LogP contribution < -0.4 is 27.4 Å². The highest BCUT2D eigenvalue weighted by Gasteiger charge is 2.21. The molecule has 4 aromatic rings. The van der Waals surface area contributed by atoms with E-state index in [0.29, 0.717) is 18.7 Å². The van der Waals surface area contributed by atoms with Crippen molar-refractivity contribution in [2.45, 2.75) is 18.4 Å². The van der Waals surface area contributed by atoms with E-state index in [9.17, 15) is 14.4 Å². The van der Waals surface area contributed by atoms with E-state index in [-0.39, 0.29) is 29.6 Å². The Kier molecular flexibility index (Phi) is 9.77. The molecule has 204 valence electrons. The van der Waals surface area contributed by atoms with Crippen LogP contribution in [0.25, 0.3) is 0 Å². The Bertz CT molecular complexity index is 1390. The summed E-state index contributed by atoms with van der Waals surface area (Å²) in [5.74, 6) is -1.30. The van der Waals surface area contributed by atoms with Crippen molar-refractivity contribution in [2.75, 3.05) is 23.7 Å². The van der Waals surface area contributed by atoms with Crippen molar-refractivity contribution >= 4 is 29.1 Å². The van der Waals surface area contributed by atoms with Gasteiger partial charge in [-0.3, -0.25) is 14.4 Å². The average Bonchev–Trinajstić information content (AvgIpc) is 2.99. The molecular formula is C32H33N5O3. The van der Waals surface area contributed by atoms with E-state index in [2.05, 4.69) is 16.0 Å². The summed E-state index contributed by atoms with van der Waals surface area (Å²) < 4.78 is 0. The minimum atomic E-state index is -0.846. The second-order valence-electron chi connectivity index (χ2n) is 9.38. The molecule has 3 amide bonds. The number of amides is 3. The van der Waals surface area contributed by atoms with Gasteiger partial charge in [-0.15, -0.1) is 0 Å². The standard InChI is InChI=1S/C32H33N5O3/c33-20-30(38)36-25-16-17-26(29(19-25)37-32(40)28(34)18-22-10-4-1-5-11-22)31(39)35-21-27(23-12-6-2-7-13-23)24-14-8-3-9-15-24/h1-17,19,27-28H,18,20-21,33-34H2,(H,35,39)(H,36,38)(H,37,40)/t28-/m0/s1. The molecule has 7 N–H and O–H groups in total. The number of hydrogen-bond acceptors (Lipinski definition) is 5. The molecule has 0 heterocycles. The van der Waals surface area contributed by atoms with Gasteiger partial charge in [0, 0.05) is 18.2 Å². The third-order valence-corrected chi connectivity index (χ3v) is 6.50. The molecule has 4 rings (SSSR count). The largest absolute Gasteiger partial charge is 0.351 e. The molecule has 0 aliphatic carbocycles. The van der Waals surface area contributed by atoms with Crippen LogP contribution in [0.4, 0.5) is 11.4 Å². The van der Waals surface area contributed by atoms with Crippen LogP contribution in [0.3, 0.4) is 0 Å². The van der Waals surface area contributed by atoms with Crippen LogP contribution in [-0.2, 0) is 16.0 Å². The smallest absolute Gasteiger partial charge is 0.253 e. The van der Waals surface area contributed by atoms with Crippen LogP contribution in [0.1, 0.15) is 33.0 Å². The topological polar surface area (TPSA) is 139 Å². The first kappa shape index (κ1) is 28.2. The fourth-order valence-corrected chi connectivity index (χ4v) is 4.41. The lowest BCUT2D eigenvalue weighted by Gasteiger charge is -2.20. The van der Waals surface area contributed by atoms with E-state index in [0.717, 1.165) is 16.7 Å². The number of hydrogen-bond donors (Lipinski definition) is 5. The molecule has 8 nitrogen and oxygen atoms in total. The molecule has 0 aliphatic heterocycles. The molecule has 0 radical (unpaired) electrons. The van der Waals surface area contributed by atoms with Crippen molar-refractivity contribution < 1.29 is 14.4 Å². The van der Waals surface area contributed by atoms with E-state index in [1.165, 1.54) is 6.07 Å². The second kappa shape index (κ2) is 13.8. The lowest BCUT2D eigenvalue weighted by atomic mass is 9.91. The number of nitrogens with two attached hydrogens (primary N) is 2. The zero-order valence-electron chi connectivity index (χ0n) is 22.0. The second-order valence-corrected chi connectivity index (χ2v) is 9.38. The fraction of sp³-hybridized carbons (Fsp3) is 0.156. The van der Waals surface area contributed by atoms with Gasteiger partial charge in [-0.2, -0.15) is 0 Å². The van der Waals surface area contributed by atoms with Gasteiger partial charge in [0.1, 0.15) is 0 Å². The maximum absolute atomic E-state index is 13.5. The van der Waals surface area contributed by atoms with Gasteiger partial charge < -0.3 is 27.4 Å². The van der Waals surface area contributed by atoms with E-state index >= 15 is 0 Å². The monoisotopic (exact) mass is 535 g/mol. The summed E-state index contributed by atoms with van der Waals surface area (Å²) in [5, 5.41) is 8.46. The van der Waals surface area contributed by atoms with Crippen molar-refractivity contribution in [3.63, 3.8) is 0 Å².